The third-order valence-corrected chi connectivity index (χ3v) is 3.97. The number of morpholine rings is 1. The number of aliphatic carboxylic acids is 1. The molecule has 1 unspecified atom stereocenters. The minimum Gasteiger partial charge on any atom is -0.479 e. The van der Waals surface area contributed by atoms with Gasteiger partial charge >= 0.3 is 5.97 Å². The Morgan fingerprint density at radius 3 is 2.85 bits per heavy atom. The summed E-state index contributed by atoms with van der Waals surface area (Å²) in [6.07, 6.45) is -0.724. The Morgan fingerprint density at radius 1 is 1.40 bits per heavy atom. The van der Waals surface area contributed by atoms with Crippen molar-refractivity contribution in [2.75, 3.05) is 19.7 Å². The monoisotopic (exact) mass is 297 g/mol. The van der Waals surface area contributed by atoms with Gasteiger partial charge in [0.1, 0.15) is 0 Å². The van der Waals surface area contributed by atoms with Gasteiger partial charge in [-0.25, -0.2) is 4.79 Å². The van der Waals surface area contributed by atoms with Gasteiger partial charge in [0.25, 0.3) is 0 Å². The van der Waals surface area contributed by atoms with Crippen LogP contribution in [0.2, 0.25) is 0 Å². The second-order valence-corrected chi connectivity index (χ2v) is 5.39. The second kappa shape index (κ2) is 6.62. The zero-order chi connectivity index (χ0) is 14.5. The quantitative estimate of drug-likeness (QED) is 0.820. The van der Waals surface area contributed by atoms with E-state index in [0.717, 1.165) is 0 Å². The zero-order valence-electron chi connectivity index (χ0n) is 10.8. The van der Waals surface area contributed by atoms with Gasteiger partial charge in [-0.05, 0) is 11.4 Å². The van der Waals surface area contributed by atoms with Gasteiger partial charge in [-0.1, -0.05) is 6.07 Å². The molecule has 2 rings (SSSR count). The van der Waals surface area contributed by atoms with Crippen LogP contribution in [0.3, 0.4) is 0 Å². The Morgan fingerprint density at radius 2 is 2.20 bits per heavy atom. The molecule has 1 aliphatic heterocycles. The molecule has 1 fully saturated rings. The van der Waals surface area contributed by atoms with Crippen LogP contribution in [0.5, 0.6) is 0 Å². The Kier molecular flexibility index (Phi) is 4.86. The summed E-state index contributed by atoms with van der Waals surface area (Å²) in [5.41, 5.74) is 0. The third-order valence-electron chi connectivity index (χ3n) is 3.06. The molecule has 0 radical (unpaired) electrons. The largest absolute Gasteiger partial charge is 0.479 e. The summed E-state index contributed by atoms with van der Waals surface area (Å²) in [5, 5.41) is 10.7. The van der Waals surface area contributed by atoms with Crippen molar-refractivity contribution in [2.24, 2.45) is 0 Å². The molecule has 108 valence electrons. The first kappa shape index (κ1) is 14.7. The van der Waals surface area contributed by atoms with E-state index < -0.39 is 12.1 Å². The van der Waals surface area contributed by atoms with Crippen molar-refractivity contribution >= 4 is 29.0 Å². The molecule has 0 aromatic carbocycles. The lowest BCUT2D eigenvalue weighted by atomic mass is 10.1. The predicted molar refractivity (Wildman–Crippen MR) is 71.8 cm³/mol. The smallest absolute Gasteiger partial charge is 0.334 e. The number of nitrogens with zero attached hydrogens (tertiary/aromatic N) is 1. The topological polar surface area (TPSA) is 83.9 Å². The molecule has 0 spiro atoms. The highest BCUT2D eigenvalue weighted by Gasteiger charge is 2.28. The maximum atomic E-state index is 12.0. The lowest BCUT2D eigenvalue weighted by Crippen LogP contribution is -2.48. The normalized spacial score (nSPS) is 18.8. The van der Waals surface area contributed by atoms with Gasteiger partial charge in [-0.2, -0.15) is 0 Å². The molecular weight excluding hydrogens is 282 g/mol. The van der Waals surface area contributed by atoms with E-state index in [1.54, 1.807) is 12.1 Å². The van der Waals surface area contributed by atoms with Crippen LogP contribution >= 0.6 is 11.3 Å². The molecule has 1 saturated heterocycles. The standard InChI is InChI=1S/C13H15NO5S/c15-9(11-2-1-7-20-11)3-4-12(16)14-5-6-19-10(8-14)13(17)18/h1-2,7,10H,3-6,8H2,(H,17,18). The van der Waals surface area contributed by atoms with Crippen molar-refractivity contribution in [1.29, 1.82) is 0 Å². The first-order chi connectivity index (χ1) is 9.58. The molecule has 0 saturated carbocycles. The lowest BCUT2D eigenvalue weighted by molar-refractivity contribution is -0.159. The molecule has 20 heavy (non-hydrogen) atoms. The fourth-order valence-electron chi connectivity index (χ4n) is 1.96. The van der Waals surface area contributed by atoms with E-state index in [9.17, 15) is 14.4 Å². The minimum atomic E-state index is -1.07. The minimum absolute atomic E-state index is 0.0430. The Bertz CT molecular complexity index is 499. The number of carbonyl (C=O) groups excluding carboxylic acids is 2. The molecule has 6 nitrogen and oxygen atoms in total. The van der Waals surface area contributed by atoms with Gasteiger partial charge in [-0.15, -0.1) is 11.3 Å². The number of Topliss-reactive ketones (excluding diaryl/α,β-unsaturated/α-hetero) is 1. The zero-order valence-corrected chi connectivity index (χ0v) is 11.6. The van der Waals surface area contributed by atoms with Gasteiger partial charge in [0.05, 0.1) is 18.0 Å². The van der Waals surface area contributed by atoms with Gasteiger partial charge in [0.2, 0.25) is 5.91 Å². The van der Waals surface area contributed by atoms with Crippen molar-refractivity contribution in [3.63, 3.8) is 0 Å². The van der Waals surface area contributed by atoms with E-state index in [-0.39, 0.29) is 37.7 Å². The van der Waals surface area contributed by atoms with E-state index >= 15 is 0 Å². The summed E-state index contributed by atoms with van der Waals surface area (Å²) in [6, 6.07) is 3.52. The Hall–Kier alpha value is -1.73. The molecule has 1 atom stereocenters. The SMILES string of the molecule is O=C(CCC(=O)N1CCOC(C(=O)O)C1)c1cccs1. The van der Waals surface area contributed by atoms with Gasteiger partial charge in [-0.3, -0.25) is 9.59 Å². The summed E-state index contributed by atoms with van der Waals surface area (Å²) in [6.45, 7) is 0.624. The number of carboxylic acid groups (broad SMARTS) is 1. The average Bonchev–Trinajstić information content (AvgIpc) is 2.98. The molecule has 0 aliphatic carbocycles. The van der Waals surface area contributed by atoms with Crippen LogP contribution in [-0.4, -0.2) is 53.5 Å². The highest BCUT2D eigenvalue weighted by molar-refractivity contribution is 7.12. The fourth-order valence-corrected chi connectivity index (χ4v) is 2.66. The maximum Gasteiger partial charge on any atom is 0.334 e. The van der Waals surface area contributed by atoms with Crippen molar-refractivity contribution in [1.82, 2.24) is 4.90 Å². The number of carbonyl (C=O) groups is 3. The van der Waals surface area contributed by atoms with Gasteiger partial charge in [0.15, 0.2) is 11.9 Å². The van der Waals surface area contributed by atoms with Crippen molar-refractivity contribution in [3.05, 3.63) is 22.4 Å². The number of ether oxygens (including phenoxy) is 1. The van der Waals surface area contributed by atoms with Crippen molar-refractivity contribution < 1.29 is 24.2 Å². The molecule has 1 aromatic rings. The second-order valence-electron chi connectivity index (χ2n) is 4.44. The van der Waals surface area contributed by atoms with Crippen molar-refractivity contribution in [2.45, 2.75) is 18.9 Å². The maximum absolute atomic E-state index is 12.0. The Labute approximate surface area is 120 Å². The summed E-state index contributed by atoms with van der Waals surface area (Å²) in [7, 11) is 0. The first-order valence-corrected chi connectivity index (χ1v) is 7.15. The van der Waals surface area contributed by atoms with E-state index in [0.29, 0.717) is 11.4 Å². The number of thiophene rings is 1. The summed E-state index contributed by atoms with van der Waals surface area (Å²) in [5.74, 6) is -1.34. The molecule has 2 heterocycles. The number of rotatable bonds is 5. The van der Waals surface area contributed by atoms with Crippen LogP contribution in [-0.2, 0) is 14.3 Å². The van der Waals surface area contributed by atoms with Crippen molar-refractivity contribution in [3.8, 4) is 0 Å². The molecule has 1 aliphatic rings. The van der Waals surface area contributed by atoms with Crippen LogP contribution < -0.4 is 0 Å². The molecule has 1 aromatic heterocycles. The summed E-state index contributed by atoms with van der Waals surface area (Å²) < 4.78 is 5.05. The number of carboxylic acids is 1. The highest BCUT2D eigenvalue weighted by Crippen LogP contribution is 2.14. The van der Waals surface area contributed by atoms with E-state index in [4.69, 9.17) is 9.84 Å². The molecule has 7 heteroatoms. The van der Waals surface area contributed by atoms with Gasteiger partial charge < -0.3 is 14.7 Å². The number of hydrogen-bond donors (Lipinski definition) is 1. The van der Waals surface area contributed by atoms with E-state index in [2.05, 4.69) is 0 Å². The third kappa shape index (κ3) is 3.64. The number of hydrogen-bond acceptors (Lipinski definition) is 5. The van der Waals surface area contributed by atoms with E-state index in [1.165, 1.54) is 16.2 Å². The van der Waals surface area contributed by atoms with E-state index in [1.807, 2.05) is 5.38 Å². The van der Waals surface area contributed by atoms with Crippen LogP contribution in [0.15, 0.2) is 17.5 Å². The highest BCUT2D eigenvalue weighted by atomic mass is 32.1. The average molecular weight is 297 g/mol. The number of ketones is 1. The Balaban J connectivity index is 1.82. The molecular formula is C13H15NO5S. The van der Waals surface area contributed by atoms with Gasteiger partial charge in [0, 0.05) is 19.4 Å². The van der Waals surface area contributed by atoms with Crippen LogP contribution in [0.25, 0.3) is 0 Å². The number of amides is 1. The van der Waals surface area contributed by atoms with Crippen LogP contribution in [0.1, 0.15) is 22.5 Å². The molecule has 0 bridgehead atoms. The fraction of sp³-hybridized carbons (Fsp3) is 0.462. The van der Waals surface area contributed by atoms with Crippen LogP contribution in [0, 0.1) is 0 Å². The first-order valence-electron chi connectivity index (χ1n) is 6.27. The molecule has 1 N–H and O–H groups in total. The predicted octanol–water partition coefficient (Wildman–Crippen LogP) is 1.02. The van der Waals surface area contributed by atoms with Crippen LogP contribution in [0.4, 0.5) is 0 Å². The summed E-state index contributed by atoms with van der Waals surface area (Å²) in [4.78, 5) is 36.7. The lowest BCUT2D eigenvalue weighted by Gasteiger charge is -2.30. The molecule has 1 amide bonds. The summed E-state index contributed by atoms with van der Waals surface area (Å²) >= 11 is 1.35.